The summed E-state index contributed by atoms with van der Waals surface area (Å²) in [5.41, 5.74) is 0. The van der Waals surface area contributed by atoms with Gasteiger partial charge in [-0.25, -0.2) is 9.59 Å². The van der Waals surface area contributed by atoms with Crippen molar-refractivity contribution in [3.63, 3.8) is 0 Å². The maximum atomic E-state index is 11.3. The van der Waals surface area contributed by atoms with Crippen LogP contribution in [-0.2, 0) is 209 Å². The van der Waals surface area contributed by atoms with Crippen LogP contribution in [0.5, 0.6) is 0 Å². The minimum Gasteiger partial charge on any atom is -0.463 e. The van der Waals surface area contributed by atoms with Crippen LogP contribution in [0.15, 0.2) is 0 Å². The van der Waals surface area contributed by atoms with E-state index in [-0.39, 0.29) is 183 Å². The van der Waals surface area contributed by atoms with Gasteiger partial charge in [0.1, 0.15) is 153 Å². The van der Waals surface area contributed by atoms with Gasteiger partial charge in [-0.15, -0.1) is 0 Å². The monoisotopic (exact) mass is 2130 g/mol. The summed E-state index contributed by atoms with van der Waals surface area (Å²) in [4.78, 5) is 121. The molecule has 0 aromatic rings. The smallest absolute Gasteiger partial charge is 0.332 e. The van der Waals surface area contributed by atoms with E-state index in [1.54, 1.807) is 64.0 Å². The first-order valence-electron chi connectivity index (χ1n) is 52.2. The standard InChI is InChI=1S/C12H22O4.2C11H20O4.2C10H18O4.2C9H16O4.3C8H14O4.C7H12O4/c1-10-11(16-10)9-15-12(13)7-5-3-4-6-8-14-2;1-9-10(15-9)8-14-11(12)6-4-3-5-7-13-2;1-13-7-5-3-2-4-6-11(12)15-9-10-8-14-10;1-8-9(14-8)7-13-10(11)5-3-4-6-12-2;1-12-6-4-2-3-5-10(11)14-8-9-7-13-9;1-7-8(13-7)6-12-9(10)4-3-5-11-2;1-11-5-3-2-4-9(10)13-7-8-6-12-8;1-6-7(12-6)5-11-8(9)3-4-10-2;1-10-4-2-3-8(9)12-6-7-5-11-7;1-3-6-7(12-6)4-11-8(9)5-10-2;1-5-6(11-5)3-10-7(8)4-9-2/h10-11H,3-9H2,1-2H3;9-10H,3-8H2,1-2H3;10H,2-9H2,1H3;8-9H,3-7H2,1-2H3;9H,2-8H2,1H3;7-8H,3-6H2,1-2H3;8H,2-7H2,1H3;6-7H,3-5H2,1-2H3;7H,2-6H2,1H3;6-7H,3-5H2,1-2H3;5-6H,3-4H2,1-2H3. The highest BCUT2D eigenvalue weighted by atomic mass is 16.7. The molecule has 0 aliphatic carbocycles. The van der Waals surface area contributed by atoms with Crippen molar-refractivity contribution < 1.29 is 209 Å². The molecule has 0 N–H and O–H groups in total. The number of ether oxygens (including phenoxy) is 33. The Bertz CT molecular complexity index is 3290. The average Bonchev–Trinajstić information content (AvgIpc) is 1.73. The number of unbranched alkanes of at least 4 members (excludes halogenated alkanes) is 12. The molecule has 11 rings (SSSR count). The normalized spacial score (nSPS) is 23.3. The van der Waals surface area contributed by atoms with E-state index in [2.05, 4.69) is 9.47 Å². The summed E-state index contributed by atoms with van der Waals surface area (Å²) in [6.07, 6.45) is 27.6. The van der Waals surface area contributed by atoms with Crippen LogP contribution in [-0.4, -0.2) is 426 Å². The fourth-order valence-electron chi connectivity index (χ4n) is 11.8. The van der Waals surface area contributed by atoms with Crippen molar-refractivity contribution in [1.82, 2.24) is 0 Å². The first-order chi connectivity index (χ1) is 71.0. The van der Waals surface area contributed by atoms with Crippen LogP contribution < -0.4 is 0 Å². The van der Waals surface area contributed by atoms with Crippen molar-refractivity contribution in [3.05, 3.63) is 0 Å². The van der Waals surface area contributed by atoms with E-state index in [0.29, 0.717) is 170 Å². The van der Waals surface area contributed by atoms with E-state index in [4.69, 9.17) is 147 Å². The quantitative estimate of drug-likeness (QED) is 0.0236. The Labute approximate surface area is 871 Å². The van der Waals surface area contributed by atoms with Gasteiger partial charge in [-0.3, -0.25) is 43.2 Å². The van der Waals surface area contributed by atoms with Crippen LogP contribution >= 0.6 is 0 Å². The highest BCUT2D eigenvalue weighted by molar-refractivity contribution is 5.73. The minimum absolute atomic E-state index is 0.0150. The number of epoxide rings is 11. The van der Waals surface area contributed by atoms with E-state index < -0.39 is 0 Å². The lowest BCUT2D eigenvalue weighted by Gasteiger charge is -2.03. The number of esters is 11. The lowest BCUT2D eigenvalue weighted by atomic mass is 10.1. The molecule has 11 aliphatic heterocycles. The van der Waals surface area contributed by atoms with Gasteiger partial charge in [0.2, 0.25) is 0 Å². The van der Waals surface area contributed by atoms with Crippen molar-refractivity contribution in [1.29, 1.82) is 0 Å². The molecule has 860 valence electrons. The molecule has 11 aliphatic rings. The van der Waals surface area contributed by atoms with Gasteiger partial charge in [0.25, 0.3) is 0 Å². The van der Waals surface area contributed by atoms with Crippen LogP contribution in [0.3, 0.4) is 0 Å². The summed E-state index contributed by atoms with van der Waals surface area (Å²) >= 11 is 0. The maximum Gasteiger partial charge on any atom is 0.332 e. The number of hydrogen-bond acceptors (Lipinski definition) is 44. The second-order valence-electron chi connectivity index (χ2n) is 35.9. The van der Waals surface area contributed by atoms with E-state index in [1.807, 2.05) is 48.5 Å². The Morgan fingerprint density at radius 1 is 0.184 bits per heavy atom. The van der Waals surface area contributed by atoms with Crippen molar-refractivity contribution in [2.45, 2.75) is 351 Å². The molecule has 147 heavy (non-hydrogen) atoms. The van der Waals surface area contributed by atoms with E-state index >= 15 is 0 Å². The first-order valence-corrected chi connectivity index (χ1v) is 52.2. The van der Waals surface area contributed by atoms with Gasteiger partial charge in [0.05, 0.1) is 82.2 Å². The molecule has 0 aromatic heterocycles. The minimum atomic E-state index is -0.338. The van der Waals surface area contributed by atoms with Gasteiger partial charge in [-0.1, -0.05) is 45.4 Å². The van der Waals surface area contributed by atoms with Crippen molar-refractivity contribution >= 4 is 65.7 Å². The van der Waals surface area contributed by atoms with Gasteiger partial charge < -0.3 is 156 Å². The van der Waals surface area contributed by atoms with E-state index in [9.17, 15) is 52.7 Å². The summed E-state index contributed by atoms with van der Waals surface area (Å²) in [6, 6.07) is 0. The third kappa shape index (κ3) is 94.9. The molecule has 44 heteroatoms. The second kappa shape index (κ2) is 92.9. The molecule has 44 nitrogen and oxygen atoms in total. The Balaban J connectivity index is 0.000000810. The van der Waals surface area contributed by atoms with Crippen molar-refractivity contribution in [2.24, 2.45) is 0 Å². The molecule has 11 fully saturated rings. The van der Waals surface area contributed by atoms with Crippen LogP contribution in [0.2, 0.25) is 0 Å². The van der Waals surface area contributed by atoms with Gasteiger partial charge in [0.15, 0.2) is 0 Å². The molecular formula is C103H184O44. The molecule has 0 radical (unpaired) electrons. The van der Waals surface area contributed by atoms with Gasteiger partial charge in [0, 0.05) is 182 Å². The number of carbonyl (C=O) groups is 11. The van der Waals surface area contributed by atoms with Crippen LogP contribution in [0.4, 0.5) is 0 Å². The third-order valence-electron chi connectivity index (χ3n) is 22.2. The molecule has 0 spiro atoms. The topological polar surface area (TPSA) is 529 Å². The molecule has 0 amide bonds. The average molecular weight is 2130 g/mol. The fourth-order valence-corrected chi connectivity index (χ4v) is 11.8. The number of hydrogen-bond donors (Lipinski definition) is 0. The molecule has 18 atom stereocenters. The van der Waals surface area contributed by atoms with Crippen LogP contribution in [0.1, 0.15) is 241 Å². The maximum absolute atomic E-state index is 11.3. The van der Waals surface area contributed by atoms with Crippen LogP contribution in [0, 0.1) is 0 Å². The predicted molar refractivity (Wildman–Crippen MR) is 529 cm³/mol. The Morgan fingerprint density at radius 3 is 0.537 bits per heavy atom. The zero-order valence-electron chi connectivity index (χ0n) is 91.5. The molecular weight excluding hydrogens is 1940 g/mol. The number of rotatable bonds is 74. The highest BCUT2D eigenvalue weighted by Crippen LogP contribution is 2.28. The third-order valence-corrected chi connectivity index (χ3v) is 22.2. The van der Waals surface area contributed by atoms with E-state index in [0.717, 1.165) is 188 Å². The molecule has 11 saturated heterocycles. The molecule has 11 heterocycles. The second-order valence-corrected chi connectivity index (χ2v) is 35.9. The Hall–Kier alpha value is -6.71. The van der Waals surface area contributed by atoms with Crippen LogP contribution in [0.25, 0.3) is 0 Å². The molecule has 0 aromatic carbocycles. The summed E-state index contributed by atoms with van der Waals surface area (Å²) in [6.45, 7) is 27.4. The van der Waals surface area contributed by atoms with Crippen molar-refractivity contribution in [3.8, 4) is 0 Å². The Morgan fingerprint density at radius 2 is 0.347 bits per heavy atom. The molecule has 0 bridgehead atoms. The molecule has 18 unspecified atom stereocenters. The van der Waals surface area contributed by atoms with Crippen molar-refractivity contribution in [2.75, 3.05) is 250 Å². The van der Waals surface area contributed by atoms with Gasteiger partial charge in [-0.2, -0.15) is 0 Å². The first kappa shape index (κ1) is 138. The summed E-state index contributed by atoms with van der Waals surface area (Å²) in [7, 11) is 17.8. The summed E-state index contributed by atoms with van der Waals surface area (Å²) < 4.78 is 163. The number of methoxy groups -OCH3 is 11. The van der Waals surface area contributed by atoms with Gasteiger partial charge >= 0.3 is 65.7 Å². The number of carbonyl (C=O) groups excluding carboxylic acids is 11. The highest BCUT2D eigenvalue weighted by Gasteiger charge is 2.41. The fraction of sp³-hybridized carbons (Fsp3) is 0.893. The van der Waals surface area contributed by atoms with Gasteiger partial charge in [-0.05, 0) is 138 Å². The van der Waals surface area contributed by atoms with E-state index in [1.165, 1.54) is 14.2 Å². The lowest BCUT2D eigenvalue weighted by molar-refractivity contribution is -0.149. The summed E-state index contributed by atoms with van der Waals surface area (Å²) in [5.74, 6) is -1.92. The largest absolute Gasteiger partial charge is 0.463 e. The lowest BCUT2D eigenvalue weighted by Crippen LogP contribution is -2.15. The summed E-state index contributed by atoms with van der Waals surface area (Å²) in [5, 5.41) is 0. The zero-order valence-corrected chi connectivity index (χ0v) is 91.5. The Kier molecular flexibility index (Phi) is 87.4. The SMILES string of the molecule is CCC1OC1COC(=O)COC.COCC(=O)OCC1OC1C.COCCC(=O)OCC1OC1C.COCCCC(=O)OCC1CO1.COCCCC(=O)OCC1OC1C.COCCCCC(=O)OCC1CO1.COCCCCC(=O)OCC1OC1C.COCCCCCC(=O)OCC1CO1.COCCCCCC(=O)OCC1OC1C.COCCCCCCC(=O)OCC1CO1.COCCCCCCC(=O)OCC1OC1C. The molecule has 0 saturated carbocycles. The zero-order chi connectivity index (χ0) is 109. The predicted octanol–water partition coefficient (Wildman–Crippen LogP) is 9.75.